The molecular formula is C44H65N7O11S2. The zero-order chi connectivity index (χ0) is 47.8. The number of nitrogens with one attached hydrogen (secondary N) is 3. The van der Waals surface area contributed by atoms with E-state index in [2.05, 4.69) is 20.5 Å². The zero-order valence-electron chi connectivity index (χ0n) is 38.7. The lowest BCUT2D eigenvalue weighted by Gasteiger charge is -2.44. The van der Waals surface area contributed by atoms with Crippen molar-refractivity contribution in [2.45, 2.75) is 142 Å². The first-order valence-corrected chi connectivity index (χ1v) is 24.3. The standard InChI is InChI=1S/C44H65N7O11S2/c1-29(2)61-45-27-38(52)37(25-32-19-15-13-16-20-32)50(43(6,7)8)42(54)59-31(5)39(47-41(53)60-44(9,10)11)49(28-33-21-17-14-18-22-33)64(57,58)34-23-24-35-36(26-34)51(62-30(3)4)40(46-35)48-63(12,55)56/h13-24,26,29-31,37-39,45,52H,25,27-28H2,1-12H3,(H,46,48)(H,47,53)/t31-,37+,38-,39+/m1/s1. The number of alkyl carbamates (subject to hydrolysis) is 1. The molecule has 0 saturated carbocycles. The number of aliphatic hydroxyl groups is 1. The van der Waals surface area contributed by atoms with Gasteiger partial charge in [0.15, 0.2) is 0 Å². The first-order valence-electron chi connectivity index (χ1n) is 21.0. The van der Waals surface area contributed by atoms with E-state index in [0.29, 0.717) is 5.56 Å². The quantitative estimate of drug-likeness (QED) is 0.0608. The van der Waals surface area contributed by atoms with Crippen molar-refractivity contribution >= 4 is 49.2 Å². The van der Waals surface area contributed by atoms with E-state index < -0.39 is 73.9 Å². The molecule has 18 nitrogen and oxygen atoms in total. The summed E-state index contributed by atoms with van der Waals surface area (Å²) in [6, 6.07) is 21.0. The maximum Gasteiger partial charge on any atom is 0.410 e. The van der Waals surface area contributed by atoms with Gasteiger partial charge in [-0.25, -0.2) is 31.4 Å². The number of ether oxygens (including phenoxy) is 2. The fourth-order valence-corrected chi connectivity index (χ4v) is 8.78. The fourth-order valence-electron chi connectivity index (χ4n) is 6.70. The van der Waals surface area contributed by atoms with Gasteiger partial charge in [0.05, 0.1) is 34.9 Å². The van der Waals surface area contributed by atoms with Crippen LogP contribution in [0.5, 0.6) is 0 Å². The van der Waals surface area contributed by atoms with Crippen molar-refractivity contribution in [2.75, 3.05) is 17.5 Å². The first kappa shape index (κ1) is 51.6. The van der Waals surface area contributed by atoms with Crippen molar-refractivity contribution in [1.29, 1.82) is 0 Å². The van der Waals surface area contributed by atoms with Crippen molar-refractivity contribution in [3.63, 3.8) is 0 Å². The second-order valence-electron chi connectivity index (χ2n) is 18.0. The molecule has 20 heteroatoms. The maximum atomic E-state index is 15.2. The molecule has 0 aliphatic heterocycles. The number of rotatable bonds is 20. The van der Waals surface area contributed by atoms with Gasteiger partial charge in [-0.2, -0.15) is 9.79 Å². The molecule has 1 aromatic heterocycles. The summed E-state index contributed by atoms with van der Waals surface area (Å²) in [5, 5.41) is 14.4. The van der Waals surface area contributed by atoms with Gasteiger partial charge in [0, 0.05) is 18.6 Å². The average molecular weight is 932 g/mol. The normalized spacial score (nSPS) is 14.6. The number of hydroxylamine groups is 1. The molecule has 0 radical (unpaired) electrons. The Morgan fingerprint density at radius 2 is 1.44 bits per heavy atom. The van der Waals surface area contributed by atoms with Gasteiger partial charge in [0.1, 0.15) is 29.5 Å². The van der Waals surface area contributed by atoms with Crippen LogP contribution >= 0.6 is 0 Å². The predicted octanol–water partition coefficient (Wildman–Crippen LogP) is 5.81. The van der Waals surface area contributed by atoms with Crippen LogP contribution < -0.4 is 20.4 Å². The van der Waals surface area contributed by atoms with Crippen LogP contribution in [0, 0.1) is 0 Å². The minimum absolute atomic E-state index is 0.0473. The van der Waals surface area contributed by atoms with Gasteiger partial charge < -0.3 is 24.7 Å². The Morgan fingerprint density at radius 3 is 1.97 bits per heavy atom. The van der Waals surface area contributed by atoms with Crippen molar-refractivity contribution in [2.24, 2.45) is 0 Å². The van der Waals surface area contributed by atoms with E-state index in [0.717, 1.165) is 20.9 Å². The van der Waals surface area contributed by atoms with Gasteiger partial charge in [0.25, 0.3) is 5.95 Å². The van der Waals surface area contributed by atoms with E-state index >= 15 is 8.42 Å². The van der Waals surface area contributed by atoms with Gasteiger partial charge in [-0.05, 0) is 112 Å². The number of carbonyl (C=O) groups is 2. The molecule has 4 rings (SSSR count). The molecule has 0 spiro atoms. The van der Waals surface area contributed by atoms with E-state index in [4.69, 9.17) is 19.1 Å². The van der Waals surface area contributed by atoms with Gasteiger partial charge in [-0.3, -0.25) is 14.5 Å². The number of aliphatic hydroxyl groups excluding tert-OH is 1. The number of imidazole rings is 1. The average Bonchev–Trinajstić information content (AvgIpc) is 3.48. The predicted molar refractivity (Wildman–Crippen MR) is 244 cm³/mol. The number of carbonyl (C=O) groups excluding carboxylic acids is 2. The van der Waals surface area contributed by atoms with Crippen molar-refractivity contribution in [3.05, 3.63) is 90.0 Å². The van der Waals surface area contributed by atoms with Gasteiger partial charge in [-0.15, -0.1) is 4.73 Å². The minimum Gasteiger partial charge on any atom is -0.444 e. The number of aromatic nitrogens is 2. The van der Waals surface area contributed by atoms with Crippen LogP contribution in [0.15, 0.2) is 83.8 Å². The van der Waals surface area contributed by atoms with E-state index in [1.165, 1.54) is 30.0 Å². The Balaban J connectivity index is 1.88. The van der Waals surface area contributed by atoms with E-state index in [1.807, 2.05) is 44.2 Å². The third-order valence-electron chi connectivity index (χ3n) is 9.27. The van der Waals surface area contributed by atoms with Gasteiger partial charge in [0.2, 0.25) is 20.0 Å². The summed E-state index contributed by atoms with van der Waals surface area (Å²) in [5.41, 5.74) is 2.50. The number of sulfonamides is 2. The summed E-state index contributed by atoms with van der Waals surface area (Å²) in [4.78, 5) is 45.4. The lowest BCUT2D eigenvalue weighted by molar-refractivity contribution is -0.0565. The van der Waals surface area contributed by atoms with Crippen LogP contribution in [-0.2, 0) is 47.3 Å². The number of anilines is 1. The molecule has 354 valence electrons. The van der Waals surface area contributed by atoms with Crippen LogP contribution in [-0.4, -0.2) is 114 Å². The molecule has 0 aliphatic carbocycles. The maximum absolute atomic E-state index is 15.2. The minimum atomic E-state index is -4.71. The van der Waals surface area contributed by atoms with Crippen LogP contribution in [0.2, 0.25) is 0 Å². The Bertz CT molecular complexity index is 2380. The summed E-state index contributed by atoms with van der Waals surface area (Å²) in [5.74, 6) is -0.200. The van der Waals surface area contributed by atoms with Crippen LogP contribution in [0.3, 0.4) is 0 Å². The number of hydrogen-bond acceptors (Lipinski definition) is 13. The number of benzene rings is 3. The first-order chi connectivity index (χ1) is 29.7. The Kier molecular flexibility index (Phi) is 17.2. The van der Waals surface area contributed by atoms with E-state index in [9.17, 15) is 23.1 Å². The van der Waals surface area contributed by atoms with Crippen molar-refractivity contribution in [1.82, 2.24) is 29.7 Å². The van der Waals surface area contributed by atoms with Gasteiger partial charge in [-0.1, -0.05) is 60.7 Å². The number of amides is 2. The molecule has 0 fully saturated rings. The Hall–Kier alpha value is -4.99. The topological polar surface area (TPSA) is 220 Å². The summed E-state index contributed by atoms with van der Waals surface area (Å²) in [7, 11) is -8.54. The number of nitrogens with zero attached hydrogens (tertiary/aromatic N) is 4. The third-order valence-corrected chi connectivity index (χ3v) is 11.6. The molecule has 3 aromatic carbocycles. The van der Waals surface area contributed by atoms with Crippen LogP contribution in [0.1, 0.15) is 87.3 Å². The van der Waals surface area contributed by atoms with Crippen LogP contribution in [0.25, 0.3) is 11.0 Å². The molecule has 0 aliphatic rings. The molecule has 0 saturated heterocycles. The van der Waals surface area contributed by atoms with Crippen LogP contribution in [0.4, 0.5) is 15.5 Å². The molecule has 0 unspecified atom stereocenters. The second-order valence-corrected chi connectivity index (χ2v) is 21.6. The molecule has 0 bridgehead atoms. The molecule has 4 atom stereocenters. The summed E-state index contributed by atoms with van der Waals surface area (Å²) in [6.07, 6.45) is -5.63. The fraction of sp³-hybridized carbons (Fsp3) is 0.523. The monoisotopic (exact) mass is 931 g/mol. The highest BCUT2D eigenvalue weighted by Gasteiger charge is 2.43. The molecular weight excluding hydrogens is 867 g/mol. The van der Waals surface area contributed by atoms with E-state index in [-0.39, 0.29) is 47.5 Å². The second kappa shape index (κ2) is 21.3. The molecule has 1 heterocycles. The molecule has 64 heavy (non-hydrogen) atoms. The smallest absolute Gasteiger partial charge is 0.410 e. The number of fused-ring (bicyclic) bond motifs is 1. The highest BCUT2D eigenvalue weighted by Crippen LogP contribution is 2.30. The Labute approximate surface area is 377 Å². The lowest BCUT2D eigenvalue weighted by atomic mass is 9.94. The third kappa shape index (κ3) is 14.8. The zero-order valence-corrected chi connectivity index (χ0v) is 40.4. The molecule has 4 aromatic rings. The van der Waals surface area contributed by atoms with E-state index in [1.54, 1.807) is 85.7 Å². The van der Waals surface area contributed by atoms with Crippen molar-refractivity contribution < 1.29 is 50.7 Å². The molecule has 4 N–H and O–H groups in total. The Morgan fingerprint density at radius 1 is 0.844 bits per heavy atom. The summed E-state index contributed by atoms with van der Waals surface area (Å²) in [6.45, 7) is 18.4. The largest absolute Gasteiger partial charge is 0.444 e. The lowest BCUT2D eigenvalue weighted by Crippen LogP contribution is -2.61. The van der Waals surface area contributed by atoms with Crippen molar-refractivity contribution in [3.8, 4) is 0 Å². The highest BCUT2D eigenvalue weighted by molar-refractivity contribution is 7.92. The van der Waals surface area contributed by atoms with Gasteiger partial charge >= 0.3 is 12.2 Å². The number of hydrogen-bond donors (Lipinski definition) is 4. The highest BCUT2D eigenvalue weighted by atomic mass is 32.2. The SMILES string of the molecule is CC(C)ONC[C@@H](O)[C@H](Cc1ccccc1)N(C(=O)O[C@H](C)[C@@H](NC(=O)OC(C)(C)C)N(Cc1ccccc1)S(=O)(=O)c1ccc2nc(NS(C)(=O)=O)n(OC(C)C)c2c1)C(C)(C)C. The molecule has 2 amide bonds. The summed E-state index contributed by atoms with van der Waals surface area (Å²) >= 11 is 0. The summed E-state index contributed by atoms with van der Waals surface area (Å²) < 4.78 is 71.3.